The first-order valence-corrected chi connectivity index (χ1v) is 8.84. The molecule has 2 aliphatic heterocycles. The summed E-state index contributed by atoms with van der Waals surface area (Å²) in [6.07, 6.45) is 3.36. The third-order valence-corrected chi connectivity index (χ3v) is 6.63. The molecule has 2 fully saturated rings. The lowest BCUT2D eigenvalue weighted by Gasteiger charge is -2.46. The van der Waals surface area contributed by atoms with Crippen LogP contribution in [-0.4, -0.2) is 40.4 Å². The number of nitrogens with zero attached hydrogens (tertiary/aromatic N) is 1. The highest BCUT2D eigenvalue weighted by molar-refractivity contribution is 7.98. The van der Waals surface area contributed by atoms with Gasteiger partial charge in [0.05, 0.1) is 18.0 Å². The third kappa shape index (κ3) is 2.03. The van der Waals surface area contributed by atoms with Crippen molar-refractivity contribution in [3.8, 4) is 0 Å². The lowest BCUT2D eigenvalue weighted by atomic mass is 9.88. The molecule has 0 unspecified atom stereocenters. The van der Waals surface area contributed by atoms with Crippen molar-refractivity contribution in [2.45, 2.75) is 30.6 Å². The molecule has 102 valence electrons. The smallest absolute Gasteiger partial charge is 0.264 e. The largest absolute Gasteiger partial charge is 0.386 e. The number of hydrogen-bond acceptors (Lipinski definition) is 4. The number of aryl methyl sites for hydroxylation is 1. The van der Waals surface area contributed by atoms with Crippen LogP contribution in [0.3, 0.4) is 0 Å². The number of thioether (sulfide) groups is 1. The van der Waals surface area contributed by atoms with Crippen molar-refractivity contribution < 1.29 is 9.90 Å². The minimum atomic E-state index is -0.567. The summed E-state index contributed by atoms with van der Waals surface area (Å²) in [6.45, 7) is 1.07. The molecule has 0 bridgehead atoms. The summed E-state index contributed by atoms with van der Waals surface area (Å²) in [5.41, 5.74) is 0.783. The van der Waals surface area contributed by atoms with Gasteiger partial charge >= 0.3 is 0 Å². The van der Waals surface area contributed by atoms with Crippen LogP contribution in [-0.2, 0) is 12.2 Å². The molecule has 1 saturated heterocycles. The van der Waals surface area contributed by atoms with Gasteiger partial charge in [-0.05, 0) is 42.6 Å². The van der Waals surface area contributed by atoms with E-state index in [1.165, 1.54) is 16.2 Å². The van der Waals surface area contributed by atoms with Crippen LogP contribution in [0.25, 0.3) is 0 Å². The van der Waals surface area contributed by atoms with E-state index in [-0.39, 0.29) is 5.91 Å². The number of β-amino-alcohol motifs (C(OH)–C–C–N with tert-alkyl or cyclic N) is 1. The second-order valence-electron chi connectivity index (χ2n) is 5.90. The van der Waals surface area contributed by atoms with E-state index in [2.05, 4.69) is 6.07 Å². The minimum absolute atomic E-state index is 0.120. The number of rotatable bonds is 2. The van der Waals surface area contributed by atoms with Crippen molar-refractivity contribution in [1.29, 1.82) is 0 Å². The first-order valence-electron chi connectivity index (χ1n) is 6.87. The Balaban J connectivity index is 1.47. The third-order valence-electron chi connectivity index (χ3n) is 4.39. The van der Waals surface area contributed by atoms with Crippen molar-refractivity contribution in [3.63, 3.8) is 0 Å². The number of carbonyl (C=O) groups is 1. The van der Waals surface area contributed by atoms with E-state index in [1.807, 2.05) is 16.7 Å². The first kappa shape index (κ1) is 12.2. The molecule has 1 amide bonds. The van der Waals surface area contributed by atoms with Crippen LogP contribution < -0.4 is 0 Å². The normalized spacial score (nSPS) is 24.8. The van der Waals surface area contributed by atoms with Crippen LogP contribution in [0.4, 0.5) is 0 Å². The van der Waals surface area contributed by atoms with E-state index in [0.717, 1.165) is 29.9 Å². The molecule has 3 nitrogen and oxygen atoms in total. The Morgan fingerprint density at radius 2 is 2.21 bits per heavy atom. The monoisotopic (exact) mass is 295 g/mol. The summed E-state index contributed by atoms with van der Waals surface area (Å²) in [5.74, 6) is 2.79. The van der Waals surface area contributed by atoms with Crippen molar-refractivity contribution in [2.24, 2.45) is 5.92 Å². The van der Waals surface area contributed by atoms with Gasteiger partial charge < -0.3 is 10.0 Å². The number of hydrogen-bond donors (Lipinski definition) is 1. The number of fused-ring (bicyclic) bond motifs is 1. The zero-order valence-electron chi connectivity index (χ0n) is 10.7. The molecule has 1 saturated carbocycles. The van der Waals surface area contributed by atoms with Gasteiger partial charge in [-0.15, -0.1) is 11.3 Å². The van der Waals surface area contributed by atoms with Gasteiger partial charge in [0.1, 0.15) is 5.60 Å². The highest BCUT2D eigenvalue weighted by Crippen LogP contribution is 2.45. The number of aliphatic hydroxyl groups is 1. The average Bonchev–Trinajstić information content (AvgIpc) is 3.13. The lowest BCUT2D eigenvalue weighted by Crippen LogP contribution is -2.64. The molecule has 0 spiro atoms. The SMILES string of the molecule is O=C(c1cc2c(s1)CCSC2)N1CC(O)(C2CC2)C1. The van der Waals surface area contributed by atoms with E-state index in [0.29, 0.717) is 19.0 Å². The number of carbonyl (C=O) groups excluding carboxylic acids is 1. The van der Waals surface area contributed by atoms with E-state index >= 15 is 0 Å². The van der Waals surface area contributed by atoms with E-state index in [1.54, 1.807) is 11.3 Å². The van der Waals surface area contributed by atoms with Gasteiger partial charge in [-0.1, -0.05) is 0 Å². The summed E-state index contributed by atoms with van der Waals surface area (Å²) >= 11 is 3.60. The van der Waals surface area contributed by atoms with Crippen LogP contribution >= 0.6 is 23.1 Å². The second kappa shape index (κ2) is 4.24. The topological polar surface area (TPSA) is 40.5 Å². The fourth-order valence-corrected chi connectivity index (χ4v) is 5.39. The molecule has 0 aromatic carbocycles. The standard InChI is InChI=1S/C14H17NO2S2/c16-13(15-7-14(17,8-15)10-1-2-10)12-5-9-6-18-4-3-11(9)19-12/h5,10,17H,1-4,6-8H2. The molecule has 1 N–H and O–H groups in total. The molecule has 3 heterocycles. The molecule has 1 aliphatic carbocycles. The molecule has 1 aromatic rings. The van der Waals surface area contributed by atoms with Crippen LogP contribution in [0, 0.1) is 5.92 Å². The maximum atomic E-state index is 12.4. The molecule has 5 heteroatoms. The van der Waals surface area contributed by atoms with Gasteiger partial charge in [0.2, 0.25) is 0 Å². The van der Waals surface area contributed by atoms with Crippen molar-refractivity contribution in [2.75, 3.05) is 18.8 Å². The average molecular weight is 295 g/mol. The molecule has 4 rings (SSSR count). The molecule has 1 aromatic heterocycles. The first-order chi connectivity index (χ1) is 9.16. The Bertz CT molecular complexity index is 506. The van der Waals surface area contributed by atoms with Crippen molar-refractivity contribution >= 4 is 29.0 Å². The summed E-state index contributed by atoms with van der Waals surface area (Å²) in [6, 6.07) is 2.07. The Kier molecular flexibility index (Phi) is 2.73. The van der Waals surface area contributed by atoms with Crippen LogP contribution in [0.5, 0.6) is 0 Å². The Hall–Kier alpha value is -0.520. The number of amides is 1. The molecule has 0 radical (unpaired) electrons. The zero-order valence-corrected chi connectivity index (χ0v) is 12.4. The highest BCUT2D eigenvalue weighted by Gasteiger charge is 2.53. The van der Waals surface area contributed by atoms with Crippen LogP contribution in [0.1, 0.15) is 33.0 Å². The molecule has 19 heavy (non-hydrogen) atoms. The predicted octanol–water partition coefficient (Wildman–Crippen LogP) is 2.13. The Morgan fingerprint density at radius 1 is 1.42 bits per heavy atom. The fourth-order valence-electron chi connectivity index (χ4n) is 3.05. The van der Waals surface area contributed by atoms with Crippen molar-refractivity contribution in [3.05, 3.63) is 21.4 Å². The van der Waals surface area contributed by atoms with Gasteiger partial charge in [0, 0.05) is 10.6 Å². The summed E-state index contributed by atoms with van der Waals surface area (Å²) < 4.78 is 0. The van der Waals surface area contributed by atoms with E-state index in [4.69, 9.17) is 0 Å². The Morgan fingerprint density at radius 3 is 2.89 bits per heavy atom. The van der Waals surface area contributed by atoms with Gasteiger partial charge in [0.15, 0.2) is 0 Å². The summed E-state index contributed by atoms with van der Waals surface area (Å²) in [7, 11) is 0. The van der Waals surface area contributed by atoms with Gasteiger partial charge in [-0.2, -0.15) is 11.8 Å². The quantitative estimate of drug-likeness (QED) is 0.909. The van der Waals surface area contributed by atoms with Crippen molar-refractivity contribution in [1.82, 2.24) is 4.90 Å². The molecule has 3 aliphatic rings. The second-order valence-corrected chi connectivity index (χ2v) is 8.14. The van der Waals surface area contributed by atoms with E-state index < -0.39 is 5.60 Å². The van der Waals surface area contributed by atoms with Gasteiger partial charge in [0.25, 0.3) is 5.91 Å². The van der Waals surface area contributed by atoms with Crippen LogP contribution in [0.15, 0.2) is 6.07 Å². The summed E-state index contributed by atoms with van der Waals surface area (Å²) in [5, 5.41) is 10.3. The molecule has 0 atom stereocenters. The lowest BCUT2D eigenvalue weighted by molar-refractivity contribution is -0.0956. The highest BCUT2D eigenvalue weighted by atomic mass is 32.2. The predicted molar refractivity (Wildman–Crippen MR) is 77.8 cm³/mol. The molecular weight excluding hydrogens is 278 g/mol. The fraction of sp³-hybridized carbons (Fsp3) is 0.643. The molecular formula is C14H17NO2S2. The maximum absolute atomic E-state index is 12.4. The Labute approximate surface area is 121 Å². The summed E-state index contributed by atoms with van der Waals surface area (Å²) in [4.78, 5) is 16.5. The number of thiophene rings is 1. The van der Waals surface area contributed by atoms with E-state index in [9.17, 15) is 9.90 Å². The minimum Gasteiger partial charge on any atom is -0.386 e. The zero-order chi connectivity index (χ0) is 13.0. The number of likely N-dealkylation sites (tertiary alicyclic amines) is 1. The van der Waals surface area contributed by atoms with Gasteiger partial charge in [-0.3, -0.25) is 4.79 Å². The van der Waals surface area contributed by atoms with Crippen LogP contribution in [0.2, 0.25) is 0 Å². The maximum Gasteiger partial charge on any atom is 0.264 e. The van der Waals surface area contributed by atoms with Gasteiger partial charge in [-0.25, -0.2) is 0 Å².